The number of nitrogens with zero attached hydrogens (tertiary/aromatic N) is 2. The SMILES string of the molecule is COCc1c(C(=O)O)ncc2[nH]c3cccc(CNCCN4CCOCC4)c3c12. The molecule has 0 bridgehead atoms. The number of carboxylic acids is 1. The molecule has 0 saturated carbocycles. The summed E-state index contributed by atoms with van der Waals surface area (Å²) in [6, 6.07) is 6.09. The van der Waals surface area contributed by atoms with E-state index in [1.165, 1.54) is 0 Å². The molecule has 0 radical (unpaired) electrons. The van der Waals surface area contributed by atoms with E-state index in [2.05, 4.69) is 26.3 Å². The molecule has 8 heteroatoms. The van der Waals surface area contributed by atoms with Crippen molar-refractivity contribution in [2.24, 2.45) is 0 Å². The van der Waals surface area contributed by atoms with Gasteiger partial charge in [-0.25, -0.2) is 9.78 Å². The van der Waals surface area contributed by atoms with Crippen molar-refractivity contribution in [2.45, 2.75) is 13.2 Å². The molecule has 1 aliphatic heterocycles. The van der Waals surface area contributed by atoms with Crippen LogP contribution >= 0.6 is 0 Å². The van der Waals surface area contributed by atoms with Gasteiger partial charge in [0.05, 0.1) is 31.5 Å². The molecule has 1 fully saturated rings. The van der Waals surface area contributed by atoms with Crippen LogP contribution in [0.25, 0.3) is 21.8 Å². The second-order valence-electron chi connectivity index (χ2n) is 7.21. The number of fused-ring (bicyclic) bond motifs is 3. The van der Waals surface area contributed by atoms with E-state index < -0.39 is 5.97 Å². The van der Waals surface area contributed by atoms with Gasteiger partial charge in [-0.05, 0) is 11.6 Å². The highest BCUT2D eigenvalue weighted by molar-refractivity contribution is 6.12. The number of hydrogen-bond donors (Lipinski definition) is 3. The molecule has 0 unspecified atom stereocenters. The van der Waals surface area contributed by atoms with Crippen LogP contribution < -0.4 is 5.32 Å². The second kappa shape index (κ2) is 8.87. The van der Waals surface area contributed by atoms with Gasteiger partial charge in [0, 0.05) is 61.7 Å². The van der Waals surface area contributed by atoms with Crippen molar-refractivity contribution in [3.8, 4) is 0 Å². The van der Waals surface area contributed by atoms with E-state index in [4.69, 9.17) is 9.47 Å². The molecule has 29 heavy (non-hydrogen) atoms. The predicted octanol–water partition coefficient (Wildman–Crippen LogP) is 1.98. The molecule has 4 rings (SSSR count). The monoisotopic (exact) mass is 398 g/mol. The number of carbonyl (C=O) groups is 1. The fraction of sp³-hybridized carbons (Fsp3) is 0.429. The molecule has 3 N–H and O–H groups in total. The van der Waals surface area contributed by atoms with Gasteiger partial charge < -0.3 is 24.9 Å². The summed E-state index contributed by atoms with van der Waals surface area (Å²) < 4.78 is 10.7. The van der Waals surface area contributed by atoms with Gasteiger partial charge in [0.2, 0.25) is 0 Å². The number of benzene rings is 1. The molecule has 8 nitrogen and oxygen atoms in total. The Kier molecular flexibility index (Phi) is 6.05. The maximum Gasteiger partial charge on any atom is 0.354 e. The zero-order valence-electron chi connectivity index (χ0n) is 16.5. The van der Waals surface area contributed by atoms with E-state index in [9.17, 15) is 9.90 Å². The lowest BCUT2D eigenvalue weighted by Crippen LogP contribution is -2.40. The maximum atomic E-state index is 11.7. The van der Waals surface area contributed by atoms with Crippen molar-refractivity contribution in [1.82, 2.24) is 20.2 Å². The van der Waals surface area contributed by atoms with E-state index in [0.717, 1.165) is 66.8 Å². The summed E-state index contributed by atoms with van der Waals surface area (Å²) in [6.45, 7) is 6.31. The van der Waals surface area contributed by atoms with Gasteiger partial charge in [-0.15, -0.1) is 0 Å². The number of methoxy groups -OCH3 is 1. The van der Waals surface area contributed by atoms with Crippen molar-refractivity contribution in [3.05, 3.63) is 41.2 Å². The maximum absolute atomic E-state index is 11.7. The molecule has 154 valence electrons. The highest BCUT2D eigenvalue weighted by Crippen LogP contribution is 2.32. The molecule has 0 spiro atoms. The first kappa shape index (κ1) is 19.8. The zero-order chi connectivity index (χ0) is 20.2. The summed E-state index contributed by atoms with van der Waals surface area (Å²) in [5.74, 6) is -1.05. The second-order valence-corrected chi connectivity index (χ2v) is 7.21. The number of H-pyrrole nitrogens is 1. The number of nitrogens with one attached hydrogen (secondary N) is 2. The quantitative estimate of drug-likeness (QED) is 0.499. The third-order valence-electron chi connectivity index (χ3n) is 5.37. The first-order valence-corrected chi connectivity index (χ1v) is 9.83. The van der Waals surface area contributed by atoms with Crippen LogP contribution in [0.3, 0.4) is 0 Å². The molecule has 2 aromatic heterocycles. The standard InChI is InChI=1S/C21H26N4O4/c1-28-13-15-19-17(12-23-20(15)21(26)27)24-16-4-2-3-14(18(16)19)11-22-5-6-25-7-9-29-10-8-25/h2-4,12,22,24H,5-11,13H2,1H3,(H,26,27). The van der Waals surface area contributed by atoms with E-state index >= 15 is 0 Å². The average molecular weight is 398 g/mol. The normalized spacial score (nSPS) is 15.3. The van der Waals surface area contributed by atoms with Gasteiger partial charge in [0.15, 0.2) is 5.69 Å². The minimum Gasteiger partial charge on any atom is -0.477 e. The first-order valence-electron chi connectivity index (χ1n) is 9.83. The number of rotatable bonds is 8. The van der Waals surface area contributed by atoms with Gasteiger partial charge in [-0.3, -0.25) is 4.90 Å². The lowest BCUT2D eigenvalue weighted by molar-refractivity contribution is 0.0384. The lowest BCUT2D eigenvalue weighted by atomic mass is 10.0. The molecule has 0 atom stereocenters. The van der Waals surface area contributed by atoms with E-state index in [1.54, 1.807) is 13.3 Å². The van der Waals surface area contributed by atoms with Crippen molar-refractivity contribution >= 4 is 27.8 Å². The zero-order valence-corrected chi connectivity index (χ0v) is 16.5. The summed E-state index contributed by atoms with van der Waals surface area (Å²) in [6.07, 6.45) is 1.59. The fourth-order valence-corrected chi connectivity index (χ4v) is 3.98. The number of morpholine rings is 1. The molecule has 3 aromatic rings. The molecule has 1 aromatic carbocycles. The van der Waals surface area contributed by atoms with E-state index in [1.807, 2.05) is 12.1 Å². The lowest BCUT2D eigenvalue weighted by Gasteiger charge is -2.26. The van der Waals surface area contributed by atoms with Crippen LogP contribution in [0.4, 0.5) is 0 Å². The van der Waals surface area contributed by atoms with Gasteiger partial charge in [-0.2, -0.15) is 0 Å². The van der Waals surface area contributed by atoms with Crippen LogP contribution in [0.2, 0.25) is 0 Å². The Balaban J connectivity index is 1.63. The number of aromatic carboxylic acids is 1. The third kappa shape index (κ3) is 4.11. The molecular formula is C21H26N4O4. The number of hydrogen-bond acceptors (Lipinski definition) is 6. The largest absolute Gasteiger partial charge is 0.477 e. The highest BCUT2D eigenvalue weighted by atomic mass is 16.5. The molecule has 0 amide bonds. The van der Waals surface area contributed by atoms with Gasteiger partial charge in [-0.1, -0.05) is 12.1 Å². The summed E-state index contributed by atoms with van der Waals surface area (Å²) in [4.78, 5) is 21.6. The minimum atomic E-state index is -1.05. The van der Waals surface area contributed by atoms with Crippen LogP contribution in [0, 0.1) is 0 Å². The third-order valence-corrected chi connectivity index (χ3v) is 5.37. The highest BCUT2D eigenvalue weighted by Gasteiger charge is 2.20. The summed E-state index contributed by atoms with van der Waals surface area (Å²) in [7, 11) is 1.56. The summed E-state index contributed by atoms with van der Waals surface area (Å²) >= 11 is 0. The van der Waals surface area contributed by atoms with E-state index in [-0.39, 0.29) is 12.3 Å². The summed E-state index contributed by atoms with van der Waals surface area (Å²) in [5.41, 5.74) is 3.54. The first-order chi connectivity index (χ1) is 14.2. The Bertz CT molecular complexity index is 1010. The van der Waals surface area contributed by atoms with Crippen LogP contribution in [0.15, 0.2) is 24.4 Å². The smallest absolute Gasteiger partial charge is 0.354 e. The fourth-order valence-electron chi connectivity index (χ4n) is 3.98. The Morgan fingerprint density at radius 3 is 2.90 bits per heavy atom. The van der Waals surface area contributed by atoms with Gasteiger partial charge in [0.25, 0.3) is 0 Å². The van der Waals surface area contributed by atoms with Crippen molar-refractivity contribution in [2.75, 3.05) is 46.5 Å². The Labute approximate surface area is 168 Å². The Morgan fingerprint density at radius 1 is 1.31 bits per heavy atom. The van der Waals surface area contributed by atoms with Crippen LogP contribution in [-0.2, 0) is 22.6 Å². The van der Waals surface area contributed by atoms with Crippen LogP contribution in [-0.4, -0.2) is 72.4 Å². The van der Waals surface area contributed by atoms with Crippen LogP contribution in [0.1, 0.15) is 21.6 Å². The van der Waals surface area contributed by atoms with Crippen molar-refractivity contribution in [1.29, 1.82) is 0 Å². The molecular weight excluding hydrogens is 372 g/mol. The Morgan fingerprint density at radius 2 is 2.14 bits per heavy atom. The van der Waals surface area contributed by atoms with Crippen molar-refractivity contribution < 1.29 is 19.4 Å². The van der Waals surface area contributed by atoms with Crippen LogP contribution in [0.5, 0.6) is 0 Å². The number of pyridine rings is 1. The predicted molar refractivity (Wildman–Crippen MR) is 110 cm³/mol. The molecule has 0 aliphatic carbocycles. The van der Waals surface area contributed by atoms with Crippen molar-refractivity contribution in [3.63, 3.8) is 0 Å². The Hall–Kier alpha value is -2.52. The number of aromatic nitrogens is 2. The molecule has 1 saturated heterocycles. The van der Waals surface area contributed by atoms with Gasteiger partial charge in [0.1, 0.15) is 0 Å². The van der Waals surface area contributed by atoms with Gasteiger partial charge >= 0.3 is 5.97 Å². The minimum absolute atomic E-state index is 0.0373. The molecule has 1 aliphatic rings. The van der Waals surface area contributed by atoms with E-state index in [0.29, 0.717) is 12.1 Å². The number of ether oxygens (including phenoxy) is 2. The number of aromatic amines is 1. The summed E-state index contributed by atoms with van der Waals surface area (Å²) in [5, 5.41) is 15.0. The topological polar surface area (TPSA) is 99.7 Å². The average Bonchev–Trinajstić information content (AvgIpc) is 3.12. The number of carboxylic acid groups (broad SMARTS) is 1. The molecule has 3 heterocycles.